The molecule has 2 N–H and O–H groups in total. The Morgan fingerprint density at radius 1 is 0.912 bits per heavy atom. The van der Waals surface area contributed by atoms with Gasteiger partial charge in [-0.3, -0.25) is 0 Å². The molecule has 0 bridgehead atoms. The Morgan fingerprint density at radius 2 is 1.53 bits per heavy atom. The van der Waals surface area contributed by atoms with Crippen LogP contribution in [0, 0.1) is 0 Å². The van der Waals surface area contributed by atoms with E-state index in [-0.39, 0.29) is 5.97 Å². The number of thioether (sulfide) groups is 1. The second-order valence-corrected chi connectivity index (χ2v) is 8.09. The summed E-state index contributed by atoms with van der Waals surface area (Å²) in [5.41, 5.74) is 8.48. The van der Waals surface area contributed by atoms with Gasteiger partial charge in [-0.25, -0.2) is 4.79 Å². The van der Waals surface area contributed by atoms with E-state index in [2.05, 4.69) is 14.9 Å². The second kappa shape index (κ2) is 13.7. The van der Waals surface area contributed by atoms with Crippen LogP contribution in [0.25, 0.3) is 0 Å². The molecule has 0 radical (unpaired) electrons. The second-order valence-electron chi connectivity index (χ2n) is 7.09. The van der Waals surface area contributed by atoms with Gasteiger partial charge in [-0.05, 0) is 59.7 Å². The van der Waals surface area contributed by atoms with E-state index in [1.54, 1.807) is 30.5 Å². The molecule has 0 unspecified atom stereocenters. The summed E-state index contributed by atoms with van der Waals surface area (Å²) in [6, 6.07) is 24.5. The molecule has 8 heteroatoms. The zero-order valence-electron chi connectivity index (χ0n) is 18.9. The van der Waals surface area contributed by atoms with Gasteiger partial charge in [0.25, 0.3) is 0 Å². The van der Waals surface area contributed by atoms with Crippen LogP contribution in [-0.4, -0.2) is 37.7 Å². The molecule has 3 rings (SSSR count). The number of esters is 1. The van der Waals surface area contributed by atoms with E-state index >= 15 is 0 Å². The third kappa shape index (κ3) is 8.63. The fraction of sp³-hybridized carbons (Fsp3) is 0.192. The van der Waals surface area contributed by atoms with Crippen molar-refractivity contribution in [3.05, 3.63) is 95.6 Å². The summed E-state index contributed by atoms with van der Waals surface area (Å²) in [5, 5.41) is 8.50. The fourth-order valence-electron chi connectivity index (χ4n) is 2.81. The summed E-state index contributed by atoms with van der Waals surface area (Å²) in [4.78, 5) is 11.4. The number of methoxy groups -OCH3 is 1. The number of carbonyl (C=O) groups excluding carboxylic acids is 1. The molecular weight excluding hydrogens is 450 g/mol. The van der Waals surface area contributed by atoms with Crippen molar-refractivity contribution in [1.82, 2.24) is 0 Å². The van der Waals surface area contributed by atoms with Crippen molar-refractivity contribution in [3.63, 3.8) is 0 Å². The van der Waals surface area contributed by atoms with E-state index in [1.807, 2.05) is 54.6 Å². The molecule has 0 saturated heterocycles. The Bertz CT molecular complexity index is 1090. The Balaban J connectivity index is 1.33. The fourth-order valence-corrected chi connectivity index (χ4v) is 3.42. The normalized spacial score (nSPS) is 11.4. The Morgan fingerprint density at radius 3 is 2.15 bits per heavy atom. The smallest absolute Gasteiger partial charge is 0.337 e. The molecule has 176 valence electrons. The first-order valence-electron chi connectivity index (χ1n) is 10.7. The van der Waals surface area contributed by atoms with Gasteiger partial charge in [-0.15, -0.1) is 5.10 Å². The molecule has 0 atom stereocenters. The summed E-state index contributed by atoms with van der Waals surface area (Å²) in [5.74, 6) is 1.84. The molecule has 0 amide bonds. The van der Waals surface area contributed by atoms with Gasteiger partial charge in [-0.2, -0.15) is 5.10 Å². The summed E-state index contributed by atoms with van der Waals surface area (Å²) in [6.45, 7) is 1.02. The minimum atomic E-state index is -0.369. The van der Waals surface area contributed by atoms with Crippen LogP contribution < -0.4 is 15.2 Å². The Labute approximate surface area is 203 Å². The zero-order chi connectivity index (χ0) is 24.0. The van der Waals surface area contributed by atoms with Crippen LogP contribution in [0.4, 0.5) is 0 Å². The topological polar surface area (TPSA) is 95.5 Å². The minimum absolute atomic E-state index is 0.369. The summed E-state index contributed by atoms with van der Waals surface area (Å²) >= 11 is 1.45. The number of nitrogens with two attached hydrogens (primary N) is 1. The minimum Gasteiger partial charge on any atom is -0.493 e. The van der Waals surface area contributed by atoms with Crippen molar-refractivity contribution in [1.29, 1.82) is 0 Å². The van der Waals surface area contributed by atoms with E-state index in [0.717, 1.165) is 23.5 Å². The van der Waals surface area contributed by atoms with Crippen LogP contribution in [0.1, 0.15) is 27.9 Å². The summed E-state index contributed by atoms with van der Waals surface area (Å²) < 4.78 is 16.1. The molecular formula is C26H27N3O4S. The largest absolute Gasteiger partial charge is 0.493 e. The predicted octanol–water partition coefficient (Wildman–Crippen LogP) is 4.90. The molecule has 0 fully saturated rings. The average molecular weight is 478 g/mol. The highest BCUT2D eigenvalue weighted by Gasteiger charge is 2.04. The van der Waals surface area contributed by atoms with Gasteiger partial charge in [0.1, 0.15) is 11.5 Å². The quantitative estimate of drug-likeness (QED) is 0.139. The lowest BCUT2D eigenvalue weighted by atomic mass is 10.2. The first-order chi connectivity index (χ1) is 16.6. The highest BCUT2D eigenvalue weighted by molar-refractivity contribution is 8.13. The highest BCUT2D eigenvalue weighted by Crippen LogP contribution is 2.15. The van der Waals surface area contributed by atoms with Crippen molar-refractivity contribution >= 4 is 29.1 Å². The number of ether oxygens (including phenoxy) is 3. The molecule has 0 aromatic heterocycles. The summed E-state index contributed by atoms with van der Waals surface area (Å²) in [6.07, 6.45) is 2.37. The van der Waals surface area contributed by atoms with E-state index in [1.165, 1.54) is 24.4 Å². The molecule has 3 aromatic carbocycles. The molecule has 0 spiro atoms. The lowest BCUT2D eigenvalue weighted by Gasteiger charge is -2.08. The van der Waals surface area contributed by atoms with Gasteiger partial charge in [0.05, 0.1) is 32.1 Å². The summed E-state index contributed by atoms with van der Waals surface area (Å²) in [7, 11) is 1.35. The first kappa shape index (κ1) is 24.9. The van der Waals surface area contributed by atoms with E-state index in [9.17, 15) is 4.79 Å². The number of benzene rings is 3. The average Bonchev–Trinajstić information content (AvgIpc) is 2.88. The number of hydrogen-bond donors (Lipinski definition) is 1. The number of hydrogen-bond acceptors (Lipinski definition) is 7. The van der Waals surface area contributed by atoms with Crippen molar-refractivity contribution in [2.75, 3.05) is 20.3 Å². The predicted molar refractivity (Wildman–Crippen MR) is 137 cm³/mol. The van der Waals surface area contributed by atoms with Crippen LogP contribution in [0.3, 0.4) is 0 Å². The van der Waals surface area contributed by atoms with Crippen LogP contribution in [0.15, 0.2) is 89.1 Å². The highest BCUT2D eigenvalue weighted by atomic mass is 32.2. The van der Waals surface area contributed by atoms with E-state index < -0.39 is 0 Å². The molecule has 3 aromatic rings. The van der Waals surface area contributed by atoms with Gasteiger partial charge in [0.2, 0.25) is 0 Å². The van der Waals surface area contributed by atoms with Gasteiger partial charge in [-0.1, -0.05) is 42.1 Å². The third-order valence-corrected chi connectivity index (χ3v) is 5.43. The maximum atomic E-state index is 11.4. The molecule has 0 heterocycles. The maximum absolute atomic E-state index is 11.4. The van der Waals surface area contributed by atoms with Crippen LogP contribution >= 0.6 is 11.8 Å². The van der Waals surface area contributed by atoms with Gasteiger partial charge < -0.3 is 19.9 Å². The van der Waals surface area contributed by atoms with Crippen molar-refractivity contribution in [3.8, 4) is 11.5 Å². The number of rotatable bonds is 11. The maximum Gasteiger partial charge on any atom is 0.337 e. The first-order valence-corrected chi connectivity index (χ1v) is 11.7. The Hall–Kier alpha value is -3.78. The monoisotopic (exact) mass is 477 g/mol. The molecule has 34 heavy (non-hydrogen) atoms. The lowest BCUT2D eigenvalue weighted by molar-refractivity contribution is 0.0600. The van der Waals surface area contributed by atoms with Crippen LogP contribution in [0.5, 0.6) is 11.5 Å². The lowest BCUT2D eigenvalue weighted by Crippen LogP contribution is -2.06. The van der Waals surface area contributed by atoms with E-state index in [0.29, 0.717) is 29.7 Å². The molecule has 0 saturated carbocycles. The van der Waals surface area contributed by atoms with Gasteiger partial charge in [0, 0.05) is 12.2 Å². The number of nitrogens with zero attached hydrogens (tertiary/aromatic N) is 2. The number of carbonyl (C=O) groups is 1. The SMILES string of the molecule is COC(=O)c1ccc(OCCCOc2ccc(C=NN=C(N)SCc3ccccc3)cc2)cc1. The standard InChI is InChI=1S/C26H27N3O4S/c1-31-25(30)22-10-14-24(15-11-22)33-17-5-16-32-23-12-8-20(9-13-23)18-28-29-26(27)34-19-21-6-3-2-4-7-21/h2-4,6-15,18H,5,16-17,19H2,1H3,(H2,27,29). The van der Waals surface area contributed by atoms with E-state index in [4.69, 9.17) is 15.2 Å². The van der Waals surface area contributed by atoms with Crippen LogP contribution in [-0.2, 0) is 10.5 Å². The van der Waals surface area contributed by atoms with Crippen molar-refractivity contribution in [2.45, 2.75) is 12.2 Å². The third-order valence-electron chi connectivity index (χ3n) is 4.57. The zero-order valence-corrected chi connectivity index (χ0v) is 19.7. The van der Waals surface area contributed by atoms with Gasteiger partial charge in [0.15, 0.2) is 5.17 Å². The van der Waals surface area contributed by atoms with Crippen molar-refractivity contribution in [2.24, 2.45) is 15.9 Å². The molecule has 0 aliphatic heterocycles. The number of amidine groups is 1. The van der Waals surface area contributed by atoms with Crippen LogP contribution in [0.2, 0.25) is 0 Å². The molecule has 7 nitrogen and oxygen atoms in total. The van der Waals surface area contributed by atoms with Crippen molar-refractivity contribution < 1.29 is 19.0 Å². The van der Waals surface area contributed by atoms with Gasteiger partial charge >= 0.3 is 5.97 Å². The molecule has 0 aliphatic rings. The Kier molecular flexibility index (Phi) is 10.0. The molecule has 0 aliphatic carbocycles.